The maximum absolute atomic E-state index is 11.0. The monoisotopic (exact) mass is 124 g/mol. The number of hydrogen-bond acceptors (Lipinski definition) is 0. The van der Waals surface area contributed by atoms with Crippen LogP contribution in [0.4, 0.5) is 4.39 Å². The van der Waals surface area contributed by atoms with Gasteiger partial charge in [-0.25, -0.2) is 4.39 Å². The molecule has 3 heteroatoms. The van der Waals surface area contributed by atoms with E-state index in [9.17, 15) is 4.39 Å². The van der Waals surface area contributed by atoms with Gasteiger partial charge in [-0.1, -0.05) is 6.08 Å². The zero-order valence-corrected chi connectivity index (χ0v) is 5.49. The van der Waals surface area contributed by atoms with Crippen LogP contribution in [0.25, 0.3) is 0 Å². The van der Waals surface area contributed by atoms with Gasteiger partial charge in [-0.2, -0.15) is 11.1 Å². The largest absolute Gasteiger partial charge is 0.216 e. The molecule has 0 aromatic rings. The maximum Gasteiger partial charge on any atom is 0.129 e. The summed E-state index contributed by atoms with van der Waals surface area (Å²) < 4.78 is 11.0. The van der Waals surface area contributed by atoms with Gasteiger partial charge in [-0.05, 0) is 6.04 Å². The van der Waals surface area contributed by atoms with E-state index in [1.54, 1.807) is 0 Å². The molecule has 0 unspecified atom stereocenters. The lowest BCUT2D eigenvalue weighted by Gasteiger charge is -1.71. The molecule has 0 heterocycles. The van der Waals surface area contributed by atoms with Crippen molar-refractivity contribution >= 4 is 19.9 Å². The average Bonchev–Trinajstić information content (AvgIpc) is 1.61. The zero-order valence-electron chi connectivity index (χ0n) is 3.32. The predicted molar refractivity (Wildman–Crippen MR) is 29.5 cm³/mol. The van der Waals surface area contributed by atoms with Gasteiger partial charge in [0, 0.05) is 0 Å². The van der Waals surface area contributed by atoms with E-state index < -0.39 is 8.83 Å². The predicted octanol–water partition coefficient (Wildman–Crippen LogP) is 1.21. The second kappa shape index (κ2) is 5.18. The molecule has 0 fully saturated rings. The Hall–Kier alpha value is 0.177. The van der Waals surface area contributed by atoms with Crippen molar-refractivity contribution < 1.29 is 4.39 Å². The Balaban J connectivity index is 2.66. The van der Waals surface area contributed by atoms with E-state index in [0.717, 1.165) is 6.04 Å². The third kappa shape index (κ3) is 4.18. The number of allylic oxidation sites excluding steroid dienone is 1. The van der Waals surface area contributed by atoms with E-state index in [4.69, 9.17) is 11.1 Å². The molecule has 0 amide bonds. The summed E-state index contributed by atoms with van der Waals surface area (Å²) in [6, 6.07) is 0.762. The quantitative estimate of drug-likeness (QED) is 0.384. The molecule has 0 spiro atoms. The van der Waals surface area contributed by atoms with Gasteiger partial charge >= 0.3 is 0 Å². The molecule has 0 radical (unpaired) electrons. The fourth-order valence-corrected chi connectivity index (χ4v) is 0.756. The van der Waals surface area contributed by atoms with Crippen molar-refractivity contribution in [1.29, 1.82) is 0 Å². The highest BCUT2D eigenvalue weighted by Gasteiger charge is 1.70. The Labute approximate surface area is 43.5 Å². The minimum atomic E-state index is -0.452. The number of hydrogen-bond donors (Lipinski definition) is 0. The molecule has 0 atom stereocenters. The van der Waals surface area contributed by atoms with E-state index in [1.807, 2.05) is 0 Å². The van der Waals surface area contributed by atoms with Crippen molar-refractivity contribution in [2.24, 2.45) is 0 Å². The first kappa shape index (κ1) is 6.18. The molecule has 0 N–H and O–H groups in total. The second-order valence-corrected chi connectivity index (χ2v) is 2.93. The molecule has 36 valence electrons. The standard InChI is InChI=1S/C3H6ClFSi/c4-6-3-1-2-5/h1-2H,3,6H2. The van der Waals surface area contributed by atoms with E-state index in [1.165, 1.54) is 6.08 Å². The number of halogens is 2. The Kier molecular flexibility index (Phi) is 5.33. The lowest BCUT2D eigenvalue weighted by Crippen LogP contribution is -1.66. The van der Waals surface area contributed by atoms with Crippen molar-refractivity contribution in [3.8, 4) is 0 Å². The molecule has 0 aromatic carbocycles. The summed E-state index contributed by atoms with van der Waals surface area (Å²) in [5.41, 5.74) is 0. The Morgan fingerprint density at radius 1 is 1.83 bits per heavy atom. The summed E-state index contributed by atoms with van der Waals surface area (Å²) in [4.78, 5) is 0. The zero-order chi connectivity index (χ0) is 4.83. The van der Waals surface area contributed by atoms with Crippen LogP contribution in [0.2, 0.25) is 6.04 Å². The van der Waals surface area contributed by atoms with E-state index in [2.05, 4.69) is 0 Å². The molecule has 6 heavy (non-hydrogen) atoms. The van der Waals surface area contributed by atoms with Crippen molar-refractivity contribution in [3.05, 3.63) is 12.4 Å². The smallest absolute Gasteiger partial charge is 0.129 e. The van der Waals surface area contributed by atoms with Crippen molar-refractivity contribution in [3.63, 3.8) is 0 Å². The van der Waals surface area contributed by atoms with Gasteiger partial charge in [-0.15, -0.1) is 0 Å². The van der Waals surface area contributed by atoms with E-state index >= 15 is 0 Å². The SMILES string of the molecule is FC=CC[SiH2]Cl. The van der Waals surface area contributed by atoms with Gasteiger partial charge in [0.1, 0.15) is 8.83 Å². The molecular weight excluding hydrogens is 119 g/mol. The molecular formula is C3H6ClFSi. The summed E-state index contributed by atoms with van der Waals surface area (Å²) in [5, 5.41) is 0. The first-order valence-corrected chi connectivity index (χ1v) is 4.87. The van der Waals surface area contributed by atoms with Gasteiger partial charge < -0.3 is 0 Å². The van der Waals surface area contributed by atoms with Gasteiger partial charge in [0.05, 0.1) is 6.33 Å². The molecule has 0 saturated heterocycles. The molecule has 0 bridgehead atoms. The van der Waals surface area contributed by atoms with Crippen molar-refractivity contribution in [2.75, 3.05) is 0 Å². The number of rotatable bonds is 2. The maximum atomic E-state index is 11.0. The van der Waals surface area contributed by atoms with Crippen LogP contribution < -0.4 is 0 Å². The summed E-state index contributed by atoms with van der Waals surface area (Å²) in [6.45, 7) is 0. The van der Waals surface area contributed by atoms with Crippen LogP contribution in [0.15, 0.2) is 12.4 Å². The Bertz CT molecular complexity index is 46.1. The van der Waals surface area contributed by atoms with Crippen LogP contribution in [0, 0.1) is 0 Å². The molecule has 0 aliphatic carbocycles. The molecule has 0 aliphatic rings. The summed E-state index contributed by atoms with van der Waals surface area (Å²) >= 11 is 5.30. The Morgan fingerprint density at radius 2 is 2.50 bits per heavy atom. The van der Waals surface area contributed by atoms with Crippen LogP contribution in [0.1, 0.15) is 0 Å². The summed E-state index contributed by atoms with van der Waals surface area (Å²) in [5.74, 6) is 0. The summed E-state index contributed by atoms with van der Waals surface area (Å²) in [6.07, 6.45) is 1.98. The van der Waals surface area contributed by atoms with Crippen molar-refractivity contribution in [2.45, 2.75) is 6.04 Å². The lowest BCUT2D eigenvalue weighted by molar-refractivity contribution is 0.719. The highest BCUT2D eigenvalue weighted by Crippen LogP contribution is 1.83. The molecule has 0 saturated carbocycles. The van der Waals surface area contributed by atoms with Gasteiger partial charge in [0.15, 0.2) is 0 Å². The second-order valence-electron chi connectivity index (χ2n) is 0.839. The van der Waals surface area contributed by atoms with Gasteiger partial charge in [-0.3, -0.25) is 0 Å². The topological polar surface area (TPSA) is 0 Å². The first-order chi connectivity index (χ1) is 2.91. The van der Waals surface area contributed by atoms with Crippen LogP contribution in [-0.2, 0) is 0 Å². The third-order valence-electron chi connectivity index (χ3n) is 0.365. The minimum Gasteiger partial charge on any atom is -0.216 e. The fourth-order valence-electron chi connectivity index (χ4n) is 0.126. The first-order valence-electron chi connectivity index (χ1n) is 1.73. The fraction of sp³-hybridized carbons (Fsp3) is 0.333. The minimum absolute atomic E-state index is 0.452. The van der Waals surface area contributed by atoms with E-state index in [0.29, 0.717) is 6.33 Å². The molecule has 0 rings (SSSR count). The normalized spacial score (nSPS) is 12.3. The van der Waals surface area contributed by atoms with Crippen LogP contribution >= 0.6 is 11.1 Å². The van der Waals surface area contributed by atoms with Crippen LogP contribution in [-0.4, -0.2) is 8.83 Å². The van der Waals surface area contributed by atoms with E-state index in [-0.39, 0.29) is 0 Å². The van der Waals surface area contributed by atoms with Gasteiger partial charge in [0.2, 0.25) is 0 Å². The molecule has 0 aromatic heterocycles. The summed E-state index contributed by atoms with van der Waals surface area (Å²) in [7, 11) is -0.452. The lowest BCUT2D eigenvalue weighted by atomic mass is 10.7. The van der Waals surface area contributed by atoms with Crippen molar-refractivity contribution in [1.82, 2.24) is 0 Å². The van der Waals surface area contributed by atoms with Crippen LogP contribution in [0.5, 0.6) is 0 Å². The van der Waals surface area contributed by atoms with Gasteiger partial charge in [0.25, 0.3) is 0 Å². The highest BCUT2D eigenvalue weighted by molar-refractivity contribution is 6.93. The van der Waals surface area contributed by atoms with Crippen LogP contribution in [0.3, 0.4) is 0 Å². The average molecular weight is 125 g/mol. The Morgan fingerprint density at radius 3 is 2.67 bits per heavy atom. The molecule has 0 nitrogen and oxygen atoms in total. The highest BCUT2D eigenvalue weighted by atomic mass is 35.6. The molecule has 0 aliphatic heterocycles. The third-order valence-corrected chi connectivity index (χ3v) is 1.57.